The first kappa shape index (κ1) is 12.6. The van der Waals surface area contributed by atoms with Crippen molar-refractivity contribution < 1.29 is 4.79 Å². The lowest BCUT2D eigenvalue weighted by atomic mass is 9.73. The zero-order valence-corrected chi connectivity index (χ0v) is 10.9. The molecule has 1 aliphatic heterocycles. The lowest BCUT2D eigenvalue weighted by Gasteiger charge is -2.44. The number of likely N-dealkylation sites (tertiary alicyclic amines) is 1. The number of ketones is 1. The van der Waals surface area contributed by atoms with Gasteiger partial charge in [-0.25, -0.2) is 0 Å². The Morgan fingerprint density at radius 3 is 2.53 bits per heavy atom. The van der Waals surface area contributed by atoms with Crippen LogP contribution in [0.25, 0.3) is 0 Å². The van der Waals surface area contributed by atoms with Gasteiger partial charge in [0.05, 0.1) is 0 Å². The maximum atomic E-state index is 12.5. The van der Waals surface area contributed by atoms with E-state index in [4.69, 9.17) is 0 Å². The van der Waals surface area contributed by atoms with Crippen LogP contribution in [0.2, 0.25) is 0 Å². The van der Waals surface area contributed by atoms with Crippen LogP contribution in [0, 0.1) is 0 Å². The van der Waals surface area contributed by atoms with Crippen molar-refractivity contribution in [2.24, 2.45) is 0 Å². The van der Waals surface area contributed by atoms with Gasteiger partial charge in [-0.3, -0.25) is 9.69 Å². The highest BCUT2D eigenvalue weighted by Crippen LogP contribution is 2.39. The Labute approximate surface area is 104 Å². The van der Waals surface area contributed by atoms with Gasteiger partial charge in [-0.05, 0) is 51.3 Å². The smallest absolute Gasteiger partial charge is 0.157 e. The van der Waals surface area contributed by atoms with E-state index in [0.29, 0.717) is 5.78 Å². The first-order valence-corrected chi connectivity index (χ1v) is 6.83. The van der Waals surface area contributed by atoms with Crippen molar-refractivity contribution >= 4 is 5.78 Å². The number of Topliss-reactive ketones (excluding diaryl/α,β-unsaturated/α-hetero) is 1. The van der Waals surface area contributed by atoms with Crippen LogP contribution >= 0.6 is 0 Å². The minimum absolute atomic E-state index is 0.328. The van der Waals surface area contributed by atoms with Gasteiger partial charge in [0.1, 0.15) is 5.54 Å². The Bertz CT molecular complexity index is 339. The average molecular weight is 233 g/mol. The Hall–Kier alpha value is -0.890. The molecular formula is C15H23NO. The second-order valence-corrected chi connectivity index (χ2v) is 5.13. The zero-order chi connectivity index (χ0) is 12.3. The SMILES string of the molecule is C=C/C(=C\C)[C@]1(N2CCCC2)CCCCC1=O. The van der Waals surface area contributed by atoms with E-state index < -0.39 is 0 Å². The molecule has 0 bridgehead atoms. The summed E-state index contributed by atoms with van der Waals surface area (Å²) in [4.78, 5) is 14.9. The molecule has 0 aromatic heterocycles. The predicted octanol–water partition coefficient (Wildman–Crippen LogP) is 3.10. The van der Waals surface area contributed by atoms with Gasteiger partial charge in [0.15, 0.2) is 5.78 Å². The Kier molecular flexibility index (Phi) is 3.82. The third-order valence-corrected chi connectivity index (χ3v) is 4.31. The summed E-state index contributed by atoms with van der Waals surface area (Å²) in [7, 11) is 0. The molecule has 1 heterocycles. The van der Waals surface area contributed by atoms with Gasteiger partial charge in [0.25, 0.3) is 0 Å². The summed E-state index contributed by atoms with van der Waals surface area (Å²) in [5.41, 5.74) is 0.801. The second kappa shape index (κ2) is 5.18. The number of carbonyl (C=O) groups excluding carboxylic acids is 1. The molecule has 2 rings (SSSR count). The van der Waals surface area contributed by atoms with Crippen molar-refractivity contribution in [3.8, 4) is 0 Å². The predicted molar refractivity (Wildman–Crippen MR) is 71.0 cm³/mol. The van der Waals surface area contributed by atoms with Crippen LogP contribution in [0.3, 0.4) is 0 Å². The average Bonchev–Trinajstić information content (AvgIpc) is 2.87. The summed E-state index contributed by atoms with van der Waals surface area (Å²) in [6.07, 6.45) is 10.4. The lowest BCUT2D eigenvalue weighted by molar-refractivity contribution is -0.130. The van der Waals surface area contributed by atoms with Crippen molar-refractivity contribution in [1.82, 2.24) is 4.90 Å². The summed E-state index contributed by atoms with van der Waals surface area (Å²) in [6.45, 7) is 8.07. The molecular weight excluding hydrogens is 210 g/mol. The van der Waals surface area contributed by atoms with E-state index in [1.165, 1.54) is 12.8 Å². The summed E-state index contributed by atoms with van der Waals surface area (Å²) >= 11 is 0. The van der Waals surface area contributed by atoms with Crippen molar-refractivity contribution in [3.05, 3.63) is 24.3 Å². The quantitative estimate of drug-likeness (QED) is 0.698. The first-order valence-electron chi connectivity index (χ1n) is 6.83. The molecule has 0 amide bonds. The highest BCUT2D eigenvalue weighted by molar-refractivity contribution is 5.93. The molecule has 0 radical (unpaired) electrons. The van der Waals surface area contributed by atoms with Gasteiger partial charge < -0.3 is 0 Å². The van der Waals surface area contributed by atoms with E-state index in [9.17, 15) is 4.79 Å². The van der Waals surface area contributed by atoms with Gasteiger partial charge in [0.2, 0.25) is 0 Å². The normalized spacial score (nSPS) is 31.8. The Morgan fingerprint density at radius 1 is 1.29 bits per heavy atom. The van der Waals surface area contributed by atoms with Gasteiger partial charge in [-0.2, -0.15) is 0 Å². The van der Waals surface area contributed by atoms with Crippen molar-refractivity contribution in [3.63, 3.8) is 0 Å². The largest absolute Gasteiger partial charge is 0.297 e. The maximum absolute atomic E-state index is 12.5. The van der Waals surface area contributed by atoms with E-state index in [1.807, 2.05) is 13.0 Å². The molecule has 1 saturated carbocycles. The molecule has 94 valence electrons. The number of hydrogen-bond acceptors (Lipinski definition) is 2. The topological polar surface area (TPSA) is 20.3 Å². The van der Waals surface area contributed by atoms with Crippen molar-refractivity contribution in [2.45, 2.75) is 51.0 Å². The monoisotopic (exact) mass is 233 g/mol. The molecule has 0 N–H and O–H groups in total. The standard InChI is InChI=1S/C15H23NO/c1-3-13(4-2)15(16-11-7-8-12-16)10-6-5-9-14(15)17/h3-4H,1,5-12H2,2H3/b13-4+/t15-/m1/s1. The van der Waals surface area contributed by atoms with E-state index in [-0.39, 0.29) is 5.54 Å². The maximum Gasteiger partial charge on any atom is 0.157 e. The minimum atomic E-state index is -0.328. The van der Waals surface area contributed by atoms with Gasteiger partial charge in [-0.1, -0.05) is 25.2 Å². The van der Waals surface area contributed by atoms with Gasteiger partial charge >= 0.3 is 0 Å². The minimum Gasteiger partial charge on any atom is -0.297 e. The molecule has 2 fully saturated rings. The summed E-state index contributed by atoms with van der Waals surface area (Å²) < 4.78 is 0. The molecule has 1 aliphatic carbocycles. The number of nitrogens with zero attached hydrogens (tertiary/aromatic N) is 1. The zero-order valence-electron chi connectivity index (χ0n) is 10.9. The molecule has 0 aromatic rings. The van der Waals surface area contributed by atoms with E-state index in [1.54, 1.807) is 0 Å². The Morgan fingerprint density at radius 2 is 2.00 bits per heavy atom. The fourth-order valence-corrected chi connectivity index (χ4v) is 3.46. The molecule has 17 heavy (non-hydrogen) atoms. The molecule has 0 unspecified atom stereocenters. The number of rotatable bonds is 3. The number of hydrogen-bond donors (Lipinski definition) is 0. The van der Waals surface area contributed by atoms with Crippen LogP contribution in [-0.4, -0.2) is 29.3 Å². The van der Waals surface area contributed by atoms with Crippen LogP contribution in [0.5, 0.6) is 0 Å². The summed E-state index contributed by atoms with van der Waals surface area (Å²) in [5.74, 6) is 0.415. The molecule has 1 saturated heterocycles. The van der Waals surface area contributed by atoms with Crippen LogP contribution in [0.1, 0.15) is 45.4 Å². The number of carbonyl (C=O) groups is 1. The van der Waals surface area contributed by atoms with E-state index in [2.05, 4.69) is 17.6 Å². The first-order chi connectivity index (χ1) is 8.25. The second-order valence-electron chi connectivity index (χ2n) is 5.13. The fraction of sp³-hybridized carbons (Fsp3) is 0.667. The molecule has 2 aliphatic rings. The summed E-state index contributed by atoms with van der Waals surface area (Å²) in [6, 6.07) is 0. The van der Waals surface area contributed by atoms with Gasteiger partial charge in [0, 0.05) is 6.42 Å². The fourth-order valence-electron chi connectivity index (χ4n) is 3.46. The third kappa shape index (κ3) is 1.99. The molecule has 2 heteroatoms. The number of allylic oxidation sites excluding steroid dienone is 1. The van der Waals surface area contributed by atoms with Crippen LogP contribution in [0.4, 0.5) is 0 Å². The van der Waals surface area contributed by atoms with E-state index in [0.717, 1.165) is 44.3 Å². The lowest BCUT2D eigenvalue weighted by Crippen LogP contribution is -2.56. The highest BCUT2D eigenvalue weighted by Gasteiger charge is 2.47. The highest BCUT2D eigenvalue weighted by atomic mass is 16.1. The van der Waals surface area contributed by atoms with Gasteiger partial charge in [-0.15, -0.1) is 0 Å². The molecule has 2 nitrogen and oxygen atoms in total. The molecule has 0 spiro atoms. The van der Waals surface area contributed by atoms with Crippen LogP contribution in [-0.2, 0) is 4.79 Å². The van der Waals surface area contributed by atoms with E-state index >= 15 is 0 Å². The van der Waals surface area contributed by atoms with Crippen molar-refractivity contribution in [2.75, 3.05) is 13.1 Å². The van der Waals surface area contributed by atoms with Crippen LogP contribution < -0.4 is 0 Å². The summed E-state index contributed by atoms with van der Waals surface area (Å²) in [5, 5.41) is 0. The molecule has 0 aromatic carbocycles. The van der Waals surface area contributed by atoms with Crippen molar-refractivity contribution in [1.29, 1.82) is 0 Å². The third-order valence-electron chi connectivity index (χ3n) is 4.31. The Balaban J connectivity index is 2.39. The van der Waals surface area contributed by atoms with Crippen LogP contribution in [0.15, 0.2) is 24.3 Å². The molecule has 1 atom stereocenters.